The number of pyridine rings is 1. The molecule has 0 amide bonds. The summed E-state index contributed by atoms with van der Waals surface area (Å²) in [6.07, 6.45) is 1.51. The molecule has 162 valence electrons. The number of fused-ring (bicyclic) bond motifs is 1. The lowest BCUT2D eigenvalue weighted by Crippen LogP contribution is -2.22. The van der Waals surface area contributed by atoms with Crippen LogP contribution in [0.25, 0.3) is 28.0 Å². The fourth-order valence-electron chi connectivity index (χ4n) is 3.55. The van der Waals surface area contributed by atoms with Crippen molar-refractivity contribution in [2.75, 3.05) is 4.72 Å². The molecule has 0 aliphatic heterocycles. The number of para-hydroxylation sites is 1. The molecule has 0 bridgehead atoms. The third-order valence-corrected chi connectivity index (χ3v) is 6.49. The van der Waals surface area contributed by atoms with Crippen LogP contribution >= 0.6 is 0 Å². The molecule has 0 aliphatic carbocycles. The molecule has 2 aromatic heterocycles. The number of nitrogens with one attached hydrogen (secondary N) is 1. The predicted octanol–water partition coefficient (Wildman–Crippen LogP) is 4.25. The average molecular weight is 455 g/mol. The largest absolute Gasteiger partial charge is 0.268 e. The molecule has 8 heteroatoms. The minimum Gasteiger partial charge on any atom is -0.268 e. The first-order chi connectivity index (χ1) is 16.0. The maximum Gasteiger partial charge on any atom is 0.266 e. The van der Waals surface area contributed by atoms with E-state index >= 15 is 0 Å². The van der Waals surface area contributed by atoms with Crippen molar-refractivity contribution < 1.29 is 8.42 Å². The van der Waals surface area contributed by atoms with Crippen LogP contribution < -0.4 is 10.3 Å². The Bertz CT molecular complexity index is 1600. The van der Waals surface area contributed by atoms with Gasteiger partial charge in [-0.15, -0.1) is 0 Å². The standard InChI is InChI=1S/C25H18N4O3S/c30-25-21-10-4-5-11-22(21)27-24(18-8-2-1-3-9-18)29(25)19-13-15-20(16-14-19)33(31,32)28-23-12-6-7-17-26-23/h1-17H,(H,26,28). The molecule has 0 radical (unpaired) electrons. The molecule has 5 rings (SSSR count). The van der Waals surface area contributed by atoms with E-state index in [0.717, 1.165) is 5.56 Å². The van der Waals surface area contributed by atoms with Crippen molar-refractivity contribution >= 4 is 26.7 Å². The van der Waals surface area contributed by atoms with Gasteiger partial charge < -0.3 is 0 Å². The third kappa shape index (κ3) is 3.99. The van der Waals surface area contributed by atoms with Gasteiger partial charge in [0.05, 0.1) is 21.5 Å². The van der Waals surface area contributed by atoms with Crippen molar-refractivity contribution in [1.29, 1.82) is 0 Å². The van der Waals surface area contributed by atoms with E-state index in [4.69, 9.17) is 4.98 Å². The summed E-state index contributed by atoms with van der Waals surface area (Å²) in [6.45, 7) is 0. The van der Waals surface area contributed by atoms with Crippen LogP contribution in [-0.4, -0.2) is 23.0 Å². The van der Waals surface area contributed by atoms with Crippen LogP contribution in [0, 0.1) is 0 Å². The molecule has 0 atom stereocenters. The van der Waals surface area contributed by atoms with Crippen molar-refractivity contribution in [3.8, 4) is 17.1 Å². The first kappa shape index (κ1) is 20.6. The Morgan fingerprint density at radius 2 is 1.45 bits per heavy atom. The zero-order valence-corrected chi connectivity index (χ0v) is 18.1. The number of nitrogens with zero attached hydrogens (tertiary/aromatic N) is 3. The van der Waals surface area contributed by atoms with Gasteiger partial charge in [-0.1, -0.05) is 48.5 Å². The lowest BCUT2D eigenvalue weighted by Gasteiger charge is -2.14. The number of anilines is 1. The molecule has 1 N–H and O–H groups in total. The van der Waals surface area contributed by atoms with Crippen LogP contribution in [0.1, 0.15) is 0 Å². The number of aromatic nitrogens is 3. The molecule has 3 aromatic carbocycles. The Labute approximate surface area is 190 Å². The van der Waals surface area contributed by atoms with Crippen molar-refractivity contribution in [3.05, 3.63) is 114 Å². The van der Waals surface area contributed by atoms with Crippen LogP contribution in [-0.2, 0) is 10.0 Å². The molecule has 0 unspecified atom stereocenters. The average Bonchev–Trinajstić information content (AvgIpc) is 2.85. The lowest BCUT2D eigenvalue weighted by molar-refractivity contribution is 0.601. The minimum absolute atomic E-state index is 0.0555. The van der Waals surface area contributed by atoms with Gasteiger partial charge in [0, 0.05) is 11.8 Å². The number of benzene rings is 3. The molecule has 2 heterocycles. The van der Waals surface area contributed by atoms with Gasteiger partial charge >= 0.3 is 0 Å². The number of hydrogen-bond acceptors (Lipinski definition) is 5. The Morgan fingerprint density at radius 3 is 2.18 bits per heavy atom. The van der Waals surface area contributed by atoms with Gasteiger partial charge in [-0.3, -0.25) is 14.1 Å². The highest BCUT2D eigenvalue weighted by atomic mass is 32.2. The molecule has 0 saturated heterocycles. The van der Waals surface area contributed by atoms with Gasteiger partial charge in [-0.25, -0.2) is 18.4 Å². The lowest BCUT2D eigenvalue weighted by atomic mass is 10.1. The maximum absolute atomic E-state index is 13.4. The molecule has 7 nitrogen and oxygen atoms in total. The molecule has 0 aliphatic rings. The zero-order valence-electron chi connectivity index (χ0n) is 17.3. The van der Waals surface area contributed by atoms with Crippen LogP contribution in [0.2, 0.25) is 0 Å². The van der Waals surface area contributed by atoms with Gasteiger partial charge in [0.25, 0.3) is 15.6 Å². The van der Waals surface area contributed by atoms with E-state index in [1.165, 1.54) is 22.9 Å². The van der Waals surface area contributed by atoms with Crippen LogP contribution in [0.3, 0.4) is 0 Å². The van der Waals surface area contributed by atoms with E-state index in [1.807, 2.05) is 36.4 Å². The van der Waals surface area contributed by atoms with Gasteiger partial charge in [-0.2, -0.15) is 0 Å². The summed E-state index contributed by atoms with van der Waals surface area (Å²) in [5.41, 5.74) is 1.64. The highest BCUT2D eigenvalue weighted by molar-refractivity contribution is 7.92. The van der Waals surface area contributed by atoms with E-state index in [1.54, 1.807) is 48.5 Å². The highest BCUT2D eigenvalue weighted by Crippen LogP contribution is 2.23. The van der Waals surface area contributed by atoms with Crippen LogP contribution in [0.5, 0.6) is 0 Å². The first-order valence-corrected chi connectivity index (χ1v) is 11.6. The molecule has 33 heavy (non-hydrogen) atoms. The summed E-state index contributed by atoms with van der Waals surface area (Å²) in [5.74, 6) is 0.699. The van der Waals surface area contributed by atoms with E-state index in [9.17, 15) is 13.2 Å². The fourth-order valence-corrected chi connectivity index (χ4v) is 4.56. The zero-order chi connectivity index (χ0) is 22.8. The number of hydrogen-bond donors (Lipinski definition) is 1. The normalized spacial score (nSPS) is 11.4. The van der Waals surface area contributed by atoms with E-state index in [2.05, 4.69) is 9.71 Å². The van der Waals surface area contributed by atoms with Crippen LogP contribution in [0.4, 0.5) is 5.82 Å². The second-order valence-corrected chi connectivity index (χ2v) is 8.96. The third-order valence-electron chi connectivity index (χ3n) is 5.12. The van der Waals surface area contributed by atoms with Crippen molar-refractivity contribution in [3.63, 3.8) is 0 Å². The summed E-state index contributed by atoms with van der Waals surface area (Å²) < 4.78 is 29.4. The fraction of sp³-hybridized carbons (Fsp3) is 0. The monoisotopic (exact) mass is 454 g/mol. The molecular weight excluding hydrogens is 436 g/mol. The Hall–Kier alpha value is -4.30. The van der Waals surface area contributed by atoms with Crippen molar-refractivity contribution in [1.82, 2.24) is 14.5 Å². The number of rotatable bonds is 5. The van der Waals surface area contributed by atoms with E-state index in [-0.39, 0.29) is 16.3 Å². The smallest absolute Gasteiger partial charge is 0.266 e. The second kappa shape index (κ2) is 8.33. The molecule has 0 saturated carbocycles. The van der Waals surface area contributed by atoms with Crippen molar-refractivity contribution in [2.45, 2.75) is 4.90 Å². The molecule has 0 fully saturated rings. The summed E-state index contributed by atoms with van der Waals surface area (Å²) in [6, 6.07) is 27.6. The summed E-state index contributed by atoms with van der Waals surface area (Å²) >= 11 is 0. The quantitative estimate of drug-likeness (QED) is 0.429. The molecule has 0 spiro atoms. The first-order valence-electron chi connectivity index (χ1n) is 10.1. The van der Waals surface area contributed by atoms with Gasteiger partial charge in [0.1, 0.15) is 11.6 Å². The van der Waals surface area contributed by atoms with E-state index < -0.39 is 10.0 Å². The SMILES string of the molecule is O=c1c2ccccc2nc(-c2ccccc2)n1-c1ccc(S(=O)(=O)Nc2ccccn2)cc1. The maximum atomic E-state index is 13.4. The summed E-state index contributed by atoms with van der Waals surface area (Å²) in [4.78, 5) is 22.2. The Kier molecular flexibility index (Phi) is 5.20. The molecular formula is C25H18N4O3S. The Balaban J connectivity index is 1.62. The van der Waals surface area contributed by atoms with Crippen LogP contribution in [0.15, 0.2) is 113 Å². The summed E-state index contributed by atoms with van der Waals surface area (Å²) in [7, 11) is -3.83. The Morgan fingerprint density at radius 1 is 0.758 bits per heavy atom. The number of sulfonamides is 1. The predicted molar refractivity (Wildman–Crippen MR) is 128 cm³/mol. The van der Waals surface area contributed by atoms with Gasteiger partial charge in [0.15, 0.2) is 0 Å². The van der Waals surface area contributed by atoms with E-state index in [0.29, 0.717) is 22.4 Å². The molecule has 5 aromatic rings. The summed E-state index contributed by atoms with van der Waals surface area (Å²) in [5, 5.41) is 0.477. The van der Waals surface area contributed by atoms with Gasteiger partial charge in [-0.05, 0) is 48.5 Å². The van der Waals surface area contributed by atoms with Gasteiger partial charge in [0.2, 0.25) is 0 Å². The van der Waals surface area contributed by atoms with Crippen molar-refractivity contribution in [2.24, 2.45) is 0 Å². The topological polar surface area (TPSA) is 94.0 Å². The minimum atomic E-state index is -3.83. The highest BCUT2D eigenvalue weighted by Gasteiger charge is 2.17. The second-order valence-electron chi connectivity index (χ2n) is 7.27.